The molecule has 0 heterocycles. The predicted octanol–water partition coefficient (Wildman–Crippen LogP) is 2.72. The van der Waals surface area contributed by atoms with E-state index in [4.69, 9.17) is 4.74 Å². The second kappa shape index (κ2) is 7.34. The van der Waals surface area contributed by atoms with Crippen LogP contribution in [0.3, 0.4) is 0 Å². The van der Waals surface area contributed by atoms with Gasteiger partial charge in [-0.05, 0) is 40.0 Å². The van der Waals surface area contributed by atoms with Crippen LogP contribution < -0.4 is 5.32 Å². The topological polar surface area (TPSA) is 41.5 Å². The third-order valence-electron chi connectivity index (χ3n) is 2.91. The smallest absolute Gasteiger partial charge is 0.0613 e. The first-order valence-corrected chi connectivity index (χ1v) is 6.77. The molecule has 0 radical (unpaired) electrons. The highest BCUT2D eigenvalue weighted by atomic mass is 16.5. The Kier molecular flexibility index (Phi) is 7.29. The highest BCUT2D eigenvalue weighted by Crippen LogP contribution is 2.19. The maximum atomic E-state index is 9.58. The summed E-state index contributed by atoms with van der Waals surface area (Å²) in [5.74, 6) is 0. The largest absolute Gasteiger partial charge is 0.394 e. The van der Waals surface area contributed by atoms with Gasteiger partial charge >= 0.3 is 0 Å². The van der Waals surface area contributed by atoms with Crippen molar-refractivity contribution < 1.29 is 9.84 Å². The summed E-state index contributed by atoms with van der Waals surface area (Å²) in [6.07, 6.45) is 2.87. The van der Waals surface area contributed by atoms with Crippen LogP contribution in [0.5, 0.6) is 0 Å². The first kappa shape index (κ1) is 16.9. The van der Waals surface area contributed by atoms with Crippen LogP contribution >= 0.6 is 0 Å². The van der Waals surface area contributed by atoms with Gasteiger partial charge in [0.1, 0.15) is 0 Å². The van der Waals surface area contributed by atoms with E-state index < -0.39 is 0 Å². The van der Waals surface area contributed by atoms with Crippen molar-refractivity contribution in [3.63, 3.8) is 0 Å². The van der Waals surface area contributed by atoms with E-state index in [1.54, 1.807) is 0 Å². The first-order chi connectivity index (χ1) is 7.74. The van der Waals surface area contributed by atoms with Crippen molar-refractivity contribution in [2.75, 3.05) is 13.2 Å². The van der Waals surface area contributed by atoms with E-state index in [1.807, 2.05) is 0 Å². The van der Waals surface area contributed by atoms with Gasteiger partial charge in [-0.3, -0.25) is 0 Å². The lowest BCUT2D eigenvalue weighted by molar-refractivity contribution is -0.00904. The van der Waals surface area contributed by atoms with Crippen LogP contribution in [0.1, 0.15) is 60.8 Å². The number of aliphatic hydroxyl groups is 1. The molecule has 0 rings (SSSR count). The second-order valence-corrected chi connectivity index (χ2v) is 6.16. The lowest BCUT2D eigenvalue weighted by Crippen LogP contribution is -2.51. The molecule has 17 heavy (non-hydrogen) atoms. The fourth-order valence-corrected chi connectivity index (χ4v) is 1.99. The molecule has 0 saturated heterocycles. The van der Waals surface area contributed by atoms with E-state index in [0.717, 1.165) is 25.9 Å². The fourth-order valence-electron chi connectivity index (χ4n) is 1.99. The Hall–Kier alpha value is -0.120. The fraction of sp³-hybridized carbons (Fsp3) is 1.00. The molecule has 0 spiro atoms. The van der Waals surface area contributed by atoms with E-state index in [-0.39, 0.29) is 17.7 Å². The molecule has 104 valence electrons. The quantitative estimate of drug-likeness (QED) is 0.646. The van der Waals surface area contributed by atoms with Crippen molar-refractivity contribution in [1.29, 1.82) is 0 Å². The summed E-state index contributed by atoms with van der Waals surface area (Å²) in [6, 6.07) is 0.394. The van der Waals surface area contributed by atoms with Crippen LogP contribution in [0.4, 0.5) is 0 Å². The maximum Gasteiger partial charge on any atom is 0.0613 e. The van der Waals surface area contributed by atoms with Gasteiger partial charge in [-0.15, -0.1) is 0 Å². The Morgan fingerprint density at radius 2 is 1.82 bits per heavy atom. The zero-order chi connectivity index (χ0) is 13.5. The molecule has 1 unspecified atom stereocenters. The van der Waals surface area contributed by atoms with Crippen molar-refractivity contribution in [3.8, 4) is 0 Å². The molecule has 1 atom stereocenters. The van der Waals surface area contributed by atoms with E-state index in [1.165, 1.54) is 0 Å². The molecule has 0 amide bonds. The SMILES string of the molecule is CCC(CO)(CCCOC(C)(C)C)NC(C)C. The number of nitrogens with one attached hydrogen (secondary N) is 1. The molecule has 0 aliphatic carbocycles. The van der Waals surface area contributed by atoms with Crippen molar-refractivity contribution in [2.24, 2.45) is 0 Å². The zero-order valence-electron chi connectivity index (χ0n) is 12.5. The summed E-state index contributed by atoms with van der Waals surface area (Å²) in [4.78, 5) is 0. The van der Waals surface area contributed by atoms with Crippen LogP contribution in [0.2, 0.25) is 0 Å². The minimum Gasteiger partial charge on any atom is -0.394 e. The standard InChI is InChI=1S/C14H31NO2/c1-7-14(11-16,15-12(2)3)9-8-10-17-13(4,5)6/h12,15-16H,7-11H2,1-6H3. The molecule has 0 aliphatic heterocycles. The molecule has 3 nitrogen and oxygen atoms in total. The summed E-state index contributed by atoms with van der Waals surface area (Å²) in [7, 11) is 0. The van der Waals surface area contributed by atoms with Gasteiger partial charge in [0, 0.05) is 18.2 Å². The molecule has 0 fully saturated rings. The van der Waals surface area contributed by atoms with Crippen LogP contribution in [-0.4, -0.2) is 35.5 Å². The number of hydrogen-bond donors (Lipinski definition) is 2. The molecule has 0 aromatic carbocycles. The van der Waals surface area contributed by atoms with Crippen LogP contribution in [0.25, 0.3) is 0 Å². The molecule has 2 N–H and O–H groups in total. The highest BCUT2D eigenvalue weighted by Gasteiger charge is 2.27. The maximum absolute atomic E-state index is 9.58. The molecule has 0 saturated carbocycles. The normalized spacial score (nSPS) is 16.2. The van der Waals surface area contributed by atoms with Crippen LogP contribution in [-0.2, 0) is 4.74 Å². The average Bonchev–Trinajstić information content (AvgIpc) is 2.21. The van der Waals surface area contributed by atoms with Gasteiger partial charge < -0.3 is 15.2 Å². The summed E-state index contributed by atoms with van der Waals surface area (Å²) in [6.45, 7) is 13.5. The molecule has 0 aliphatic rings. The number of hydrogen-bond acceptors (Lipinski definition) is 3. The van der Waals surface area contributed by atoms with Gasteiger partial charge in [0.05, 0.1) is 12.2 Å². The molecule has 3 heteroatoms. The van der Waals surface area contributed by atoms with Gasteiger partial charge in [-0.25, -0.2) is 0 Å². The summed E-state index contributed by atoms with van der Waals surface area (Å²) >= 11 is 0. The minimum absolute atomic E-state index is 0.0699. The van der Waals surface area contributed by atoms with Crippen molar-refractivity contribution in [2.45, 2.75) is 78.0 Å². The Bertz CT molecular complexity index is 193. The summed E-state index contributed by atoms with van der Waals surface area (Å²) in [5.41, 5.74) is -0.213. The molecule has 0 bridgehead atoms. The van der Waals surface area contributed by atoms with Gasteiger partial charge in [0.2, 0.25) is 0 Å². The lowest BCUT2D eigenvalue weighted by atomic mass is 9.90. The number of ether oxygens (including phenoxy) is 1. The third-order valence-corrected chi connectivity index (χ3v) is 2.91. The summed E-state index contributed by atoms with van der Waals surface area (Å²) < 4.78 is 5.71. The lowest BCUT2D eigenvalue weighted by Gasteiger charge is -2.34. The van der Waals surface area contributed by atoms with Crippen molar-refractivity contribution in [3.05, 3.63) is 0 Å². The first-order valence-electron chi connectivity index (χ1n) is 6.77. The van der Waals surface area contributed by atoms with E-state index in [2.05, 4.69) is 46.9 Å². The second-order valence-electron chi connectivity index (χ2n) is 6.16. The Morgan fingerprint density at radius 3 is 2.18 bits per heavy atom. The Labute approximate surface area is 107 Å². The van der Waals surface area contributed by atoms with Gasteiger partial charge in [-0.1, -0.05) is 20.8 Å². The molecular formula is C14H31NO2. The zero-order valence-corrected chi connectivity index (χ0v) is 12.5. The molecule has 0 aromatic rings. The van der Waals surface area contributed by atoms with Gasteiger partial charge in [0.15, 0.2) is 0 Å². The number of rotatable bonds is 8. The van der Waals surface area contributed by atoms with E-state index >= 15 is 0 Å². The van der Waals surface area contributed by atoms with Gasteiger partial charge in [-0.2, -0.15) is 0 Å². The summed E-state index contributed by atoms with van der Waals surface area (Å²) in [5, 5.41) is 13.1. The minimum atomic E-state index is -0.143. The monoisotopic (exact) mass is 245 g/mol. The highest BCUT2D eigenvalue weighted by molar-refractivity contribution is 4.87. The average molecular weight is 245 g/mol. The Morgan fingerprint density at radius 1 is 1.24 bits per heavy atom. The molecular weight excluding hydrogens is 214 g/mol. The van der Waals surface area contributed by atoms with E-state index in [9.17, 15) is 5.11 Å². The third kappa shape index (κ3) is 7.74. The van der Waals surface area contributed by atoms with Crippen LogP contribution in [0, 0.1) is 0 Å². The van der Waals surface area contributed by atoms with Crippen molar-refractivity contribution >= 4 is 0 Å². The van der Waals surface area contributed by atoms with Crippen LogP contribution in [0.15, 0.2) is 0 Å². The molecule has 0 aromatic heterocycles. The van der Waals surface area contributed by atoms with Crippen molar-refractivity contribution in [1.82, 2.24) is 5.32 Å². The predicted molar refractivity (Wildman–Crippen MR) is 73.3 cm³/mol. The van der Waals surface area contributed by atoms with E-state index in [0.29, 0.717) is 6.04 Å². The number of aliphatic hydroxyl groups excluding tert-OH is 1. The Balaban J connectivity index is 4.09. The van der Waals surface area contributed by atoms with Gasteiger partial charge in [0.25, 0.3) is 0 Å².